The Kier molecular flexibility index (Phi) is 10.0. The zero-order chi connectivity index (χ0) is 34.0. The molecule has 1 spiro atoms. The van der Waals surface area contributed by atoms with Gasteiger partial charge in [-0.1, -0.05) is 87.8 Å². The highest BCUT2D eigenvalue weighted by atomic mass is 16.5. The number of nitrogens with two attached hydrogens (primary N) is 2. The van der Waals surface area contributed by atoms with Gasteiger partial charge in [0.1, 0.15) is 5.60 Å². The molecule has 0 saturated heterocycles. The molecule has 4 aliphatic rings. The van der Waals surface area contributed by atoms with Gasteiger partial charge in [0.25, 0.3) is 0 Å². The van der Waals surface area contributed by atoms with Crippen molar-refractivity contribution < 1.29 is 9.47 Å². The molecule has 0 radical (unpaired) electrons. The topological polar surface area (TPSA) is 82.5 Å². The van der Waals surface area contributed by atoms with Crippen LogP contribution in [-0.4, -0.2) is 29.9 Å². The number of hydrogen-bond acceptors (Lipinski definition) is 5. The Labute approximate surface area is 278 Å². The Morgan fingerprint density at radius 3 is 2.22 bits per heavy atom. The normalized spacial score (nSPS) is 39.7. The summed E-state index contributed by atoms with van der Waals surface area (Å²) in [6.07, 6.45) is 14.2. The highest BCUT2D eigenvalue weighted by molar-refractivity contribution is 5.37. The predicted molar refractivity (Wildman–Crippen MR) is 190 cm³/mol. The van der Waals surface area contributed by atoms with Crippen LogP contribution in [0.4, 0.5) is 0 Å². The van der Waals surface area contributed by atoms with E-state index in [9.17, 15) is 0 Å². The molecule has 4 rings (SSSR count). The molecule has 1 aliphatic heterocycles. The third kappa shape index (κ3) is 5.50. The summed E-state index contributed by atoms with van der Waals surface area (Å²) in [4.78, 5) is 0. The lowest BCUT2D eigenvalue weighted by Gasteiger charge is -2.69. The predicted octanol–water partition coefficient (Wildman–Crippen LogP) is 9.32. The number of hydrazine groups is 1. The molecule has 2 saturated carbocycles. The van der Waals surface area contributed by atoms with Crippen molar-refractivity contribution in [1.82, 2.24) is 5.43 Å². The number of allylic oxidation sites excluding steroid dienone is 3. The van der Waals surface area contributed by atoms with Crippen LogP contribution < -0.4 is 17.0 Å². The average molecular weight is 628 g/mol. The van der Waals surface area contributed by atoms with Crippen LogP contribution in [0.15, 0.2) is 23.5 Å². The zero-order valence-corrected chi connectivity index (χ0v) is 32.0. The Balaban J connectivity index is 1.76. The first kappa shape index (κ1) is 36.9. The van der Waals surface area contributed by atoms with Crippen molar-refractivity contribution in [1.29, 1.82) is 0 Å². The van der Waals surface area contributed by atoms with Gasteiger partial charge in [0.2, 0.25) is 0 Å². The van der Waals surface area contributed by atoms with Crippen LogP contribution in [0.2, 0.25) is 0 Å². The highest BCUT2D eigenvalue weighted by Crippen LogP contribution is 2.73. The lowest BCUT2D eigenvalue weighted by molar-refractivity contribution is -0.185. The summed E-state index contributed by atoms with van der Waals surface area (Å²) in [6, 6.07) is 0.00936. The molecule has 1 heterocycles. The van der Waals surface area contributed by atoms with Crippen LogP contribution >= 0.6 is 0 Å². The van der Waals surface area contributed by atoms with Gasteiger partial charge in [-0.3, -0.25) is 11.3 Å². The molecule has 45 heavy (non-hydrogen) atoms. The van der Waals surface area contributed by atoms with Gasteiger partial charge in [-0.25, -0.2) is 0 Å². The summed E-state index contributed by atoms with van der Waals surface area (Å²) in [7, 11) is 0. The molecule has 11 atom stereocenters. The molecular weight excluding hydrogens is 554 g/mol. The molecule has 5 unspecified atom stereocenters. The molecule has 2 fully saturated rings. The second-order valence-electron chi connectivity index (χ2n) is 18.7. The summed E-state index contributed by atoms with van der Waals surface area (Å²) in [5, 5.41) is 0. The van der Waals surface area contributed by atoms with Gasteiger partial charge in [0.15, 0.2) is 0 Å². The maximum Gasteiger partial charge on any atom is 0.112 e. The summed E-state index contributed by atoms with van der Waals surface area (Å²) >= 11 is 0. The molecule has 5 heteroatoms. The molecule has 0 amide bonds. The fourth-order valence-corrected chi connectivity index (χ4v) is 11.0. The van der Waals surface area contributed by atoms with E-state index in [2.05, 4.69) is 115 Å². The van der Waals surface area contributed by atoms with E-state index < -0.39 is 5.54 Å². The van der Waals surface area contributed by atoms with Crippen molar-refractivity contribution in [3.05, 3.63) is 23.5 Å². The van der Waals surface area contributed by atoms with Gasteiger partial charge < -0.3 is 15.2 Å². The molecule has 5 N–H and O–H groups in total. The molecule has 2 bridgehead atoms. The van der Waals surface area contributed by atoms with Crippen molar-refractivity contribution in [2.75, 3.05) is 6.61 Å². The van der Waals surface area contributed by atoms with E-state index in [0.29, 0.717) is 30.3 Å². The third-order valence-electron chi connectivity index (χ3n) is 15.7. The second kappa shape index (κ2) is 12.2. The number of hydrogen-bond donors (Lipinski definition) is 3. The lowest BCUT2D eigenvalue weighted by atomic mass is 9.37. The Hall–Kier alpha value is -0.880. The van der Waals surface area contributed by atoms with E-state index in [4.69, 9.17) is 21.1 Å². The number of fused-ring (bicyclic) bond motifs is 3. The lowest BCUT2D eigenvalue weighted by Crippen LogP contribution is -2.64. The zero-order valence-electron chi connectivity index (χ0n) is 32.0. The van der Waals surface area contributed by atoms with E-state index in [0.717, 1.165) is 19.3 Å². The van der Waals surface area contributed by atoms with Crippen LogP contribution in [0.25, 0.3) is 0 Å². The van der Waals surface area contributed by atoms with Crippen molar-refractivity contribution in [2.24, 2.45) is 62.3 Å². The molecule has 0 aromatic carbocycles. The minimum absolute atomic E-state index is 0.00936. The van der Waals surface area contributed by atoms with Crippen LogP contribution in [0.5, 0.6) is 0 Å². The largest absolute Gasteiger partial charge is 0.495 e. The average Bonchev–Trinajstić information content (AvgIpc) is 2.98. The maximum absolute atomic E-state index is 6.99. The standard InChI is InChI=1S/C40H73N3O2/c1-15-35(11)30-19-20-39-24-40(28(6)26(3)4,45-23-27(39)5)22-21-37(39,13)31(30)17-18-32(35)36(12,16-2)33(29(7)43-42)44-25-38(14,41)34(8,9)10/h19,23,26,28-29,31-33,43H,15-18,20-22,24-25,41-42H2,1-14H3/t28-,29-,31?,32?,33?,35?,36+,37?,38+,39+,40-/m1/s1. The third-order valence-corrected chi connectivity index (χ3v) is 15.7. The smallest absolute Gasteiger partial charge is 0.112 e. The maximum atomic E-state index is 6.99. The first-order chi connectivity index (χ1) is 20.7. The van der Waals surface area contributed by atoms with Crippen LogP contribution in [-0.2, 0) is 9.47 Å². The molecular formula is C40H73N3O2. The van der Waals surface area contributed by atoms with Crippen LogP contribution in [0.1, 0.15) is 148 Å². The Morgan fingerprint density at radius 1 is 1.04 bits per heavy atom. The van der Waals surface area contributed by atoms with Gasteiger partial charge in [-0.15, -0.1) is 0 Å². The minimum Gasteiger partial charge on any atom is -0.495 e. The van der Waals surface area contributed by atoms with E-state index in [1.165, 1.54) is 37.7 Å². The Bertz CT molecular complexity index is 1140. The fraction of sp³-hybridized carbons (Fsp3) is 0.900. The van der Waals surface area contributed by atoms with Crippen molar-refractivity contribution >= 4 is 0 Å². The van der Waals surface area contributed by atoms with Crippen LogP contribution in [0, 0.1) is 50.7 Å². The van der Waals surface area contributed by atoms with Crippen molar-refractivity contribution in [3.63, 3.8) is 0 Å². The van der Waals surface area contributed by atoms with Crippen molar-refractivity contribution in [2.45, 2.75) is 172 Å². The summed E-state index contributed by atoms with van der Waals surface area (Å²) < 4.78 is 13.7. The van der Waals surface area contributed by atoms with E-state index in [-0.39, 0.29) is 44.8 Å². The molecule has 0 aromatic rings. The Morgan fingerprint density at radius 2 is 1.69 bits per heavy atom. The first-order valence-corrected chi connectivity index (χ1v) is 18.6. The van der Waals surface area contributed by atoms with E-state index in [1.54, 1.807) is 5.57 Å². The monoisotopic (exact) mass is 628 g/mol. The van der Waals surface area contributed by atoms with Crippen LogP contribution in [0.3, 0.4) is 0 Å². The minimum atomic E-state index is -0.451. The highest BCUT2D eigenvalue weighted by Gasteiger charge is 2.67. The van der Waals surface area contributed by atoms with Gasteiger partial charge in [-0.05, 0) is 123 Å². The number of nitrogens with one attached hydrogen (secondary N) is 1. The van der Waals surface area contributed by atoms with Gasteiger partial charge in [-0.2, -0.15) is 0 Å². The molecule has 0 aromatic heterocycles. The van der Waals surface area contributed by atoms with E-state index in [1.807, 2.05) is 0 Å². The summed E-state index contributed by atoms with van der Waals surface area (Å²) in [5.41, 5.74) is 13.1. The number of ether oxygens (including phenoxy) is 2. The fourth-order valence-electron chi connectivity index (χ4n) is 11.0. The molecule has 5 nitrogen and oxygen atoms in total. The first-order valence-electron chi connectivity index (χ1n) is 18.6. The number of rotatable bonds is 11. The van der Waals surface area contributed by atoms with Gasteiger partial charge >= 0.3 is 0 Å². The SMILES string of the molecule is CCC1(C)C2=CC[C@@]34C[C@@]([C@H](C)C(C)C)(CCC3(C)C2CCC1[C@](C)(CC)C(OC[C@](C)(N)C(C)(C)C)[C@@H](C)NN)OC=C4C. The molecule has 3 aliphatic carbocycles. The van der Waals surface area contributed by atoms with Crippen molar-refractivity contribution in [3.8, 4) is 0 Å². The summed E-state index contributed by atoms with van der Waals surface area (Å²) in [6.45, 7) is 33.6. The second-order valence-corrected chi connectivity index (χ2v) is 18.7. The summed E-state index contributed by atoms with van der Waals surface area (Å²) in [5.74, 6) is 8.43. The van der Waals surface area contributed by atoms with Gasteiger partial charge in [0.05, 0.1) is 19.0 Å². The molecule has 260 valence electrons. The van der Waals surface area contributed by atoms with Gasteiger partial charge in [0, 0.05) is 17.0 Å². The quantitative estimate of drug-likeness (QED) is 0.121. The van der Waals surface area contributed by atoms with E-state index >= 15 is 0 Å².